The highest BCUT2D eigenvalue weighted by atomic mass is 16.5. The zero-order valence-corrected chi connectivity index (χ0v) is 10.7. The van der Waals surface area contributed by atoms with Gasteiger partial charge in [0, 0.05) is 18.7 Å². The van der Waals surface area contributed by atoms with Gasteiger partial charge in [-0.1, -0.05) is 10.4 Å². The van der Waals surface area contributed by atoms with Crippen molar-refractivity contribution in [3.63, 3.8) is 0 Å². The highest BCUT2D eigenvalue weighted by Crippen LogP contribution is 2.07. The topological polar surface area (TPSA) is 94.0 Å². The second kappa shape index (κ2) is 6.12. The maximum absolute atomic E-state index is 10.4. The maximum Gasteiger partial charge on any atom is 0.303 e. The van der Waals surface area contributed by atoms with Crippen molar-refractivity contribution >= 4 is 5.97 Å². The first kappa shape index (κ1) is 13.3. The van der Waals surface area contributed by atoms with Crippen LogP contribution in [0.3, 0.4) is 0 Å². The summed E-state index contributed by atoms with van der Waals surface area (Å²) in [6.07, 6.45) is 4.24. The molecule has 0 fully saturated rings. The van der Waals surface area contributed by atoms with E-state index in [1.54, 1.807) is 4.68 Å². The van der Waals surface area contributed by atoms with Crippen LogP contribution in [-0.2, 0) is 17.8 Å². The second-order valence-electron chi connectivity index (χ2n) is 4.44. The molecule has 1 N–H and O–H groups in total. The number of aliphatic carboxylic acids is 1. The van der Waals surface area contributed by atoms with E-state index in [0.717, 1.165) is 30.0 Å². The van der Waals surface area contributed by atoms with E-state index >= 15 is 0 Å². The Labute approximate surface area is 110 Å². The number of nitrogens with zero attached hydrogens (tertiary/aromatic N) is 4. The van der Waals surface area contributed by atoms with Gasteiger partial charge in [-0.05, 0) is 26.2 Å². The molecule has 7 nitrogen and oxygen atoms in total. The fourth-order valence-electron chi connectivity index (χ4n) is 1.76. The van der Waals surface area contributed by atoms with E-state index in [9.17, 15) is 4.79 Å². The molecule has 0 atom stereocenters. The molecular formula is C12H16N4O3. The molecule has 0 spiro atoms. The Morgan fingerprint density at radius 1 is 1.47 bits per heavy atom. The maximum atomic E-state index is 10.4. The van der Waals surface area contributed by atoms with Crippen LogP contribution in [0.25, 0.3) is 0 Å². The Bertz CT molecular complexity index is 547. The molecule has 0 aliphatic carbocycles. The molecule has 0 radical (unpaired) electrons. The highest BCUT2D eigenvalue weighted by molar-refractivity contribution is 5.66. The van der Waals surface area contributed by atoms with E-state index in [2.05, 4.69) is 15.5 Å². The smallest absolute Gasteiger partial charge is 0.303 e. The summed E-state index contributed by atoms with van der Waals surface area (Å²) in [5.41, 5.74) is 1.70. The van der Waals surface area contributed by atoms with Crippen molar-refractivity contribution < 1.29 is 14.4 Å². The van der Waals surface area contributed by atoms with E-state index in [-0.39, 0.29) is 6.42 Å². The van der Waals surface area contributed by atoms with Crippen LogP contribution in [0.2, 0.25) is 0 Å². The van der Waals surface area contributed by atoms with Gasteiger partial charge in [-0.2, -0.15) is 0 Å². The fraction of sp³-hybridized carbons (Fsp3) is 0.500. The molecule has 0 aliphatic rings. The van der Waals surface area contributed by atoms with Gasteiger partial charge in [0.05, 0.1) is 11.4 Å². The van der Waals surface area contributed by atoms with Crippen molar-refractivity contribution in [3.8, 4) is 0 Å². The molecule has 0 aliphatic heterocycles. The molecule has 2 rings (SSSR count). The largest absolute Gasteiger partial charge is 0.481 e. The van der Waals surface area contributed by atoms with E-state index in [1.807, 2.05) is 19.2 Å². The first-order chi connectivity index (χ1) is 9.13. The molecule has 2 aromatic heterocycles. The summed E-state index contributed by atoms with van der Waals surface area (Å²) < 4.78 is 6.79. The molecule has 102 valence electrons. The summed E-state index contributed by atoms with van der Waals surface area (Å²) in [5.74, 6) is -0.0239. The molecule has 0 unspecified atom stereocenters. The normalized spacial score (nSPS) is 10.8. The Balaban J connectivity index is 1.80. The van der Waals surface area contributed by atoms with Crippen LogP contribution in [-0.4, -0.2) is 31.2 Å². The van der Waals surface area contributed by atoms with Gasteiger partial charge < -0.3 is 9.63 Å². The third-order valence-corrected chi connectivity index (χ3v) is 2.65. The summed E-state index contributed by atoms with van der Waals surface area (Å²) in [4.78, 5) is 10.4. The molecule has 0 saturated heterocycles. The third-order valence-electron chi connectivity index (χ3n) is 2.65. The molecular weight excluding hydrogens is 248 g/mol. The Morgan fingerprint density at radius 2 is 2.32 bits per heavy atom. The van der Waals surface area contributed by atoms with Crippen molar-refractivity contribution in [3.05, 3.63) is 29.4 Å². The summed E-state index contributed by atoms with van der Waals surface area (Å²) in [5, 5.41) is 20.4. The van der Waals surface area contributed by atoms with Gasteiger partial charge in [0.1, 0.15) is 6.54 Å². The number of carboxylic acids is 1. The molecule has 0 aromatic carbocycles. The standard InChI is InChI=1S/C12H16N4O3/c1-9-6-11(19-14-9)8-16-7-10(13-15-16)4-2-3-5-12(17)18/h6-7H,2-5,8H2,1H3,(H,17,18). The van der Waals surface area contributed by atoms with E-state index in [1.165, 1.54) is 0 Å². The van der Waals surface area contributed by atoms with Crippen molar-refractivity contribution in [1.82, 2.24) is 20.2 Å². The first-order valence-electron chi connectivity index (χ1n) is 6.16. The van der Waals surface area contributed by atoms with Crippen molar-refractivity contribution in [2.24, 2.45) is 0 Å². The number of carbonyl (C=O) groups is 1. The fourth-order valence-corrected chi connectivity index (χ4v) is 1.76. The Hall–Kier alpha value is -2.18. The number of rotatable bonds is 7. The number of hydrogen-bond donors (Lipinski definition) is 1. The molecule has 2 aromatic rings. The molecule has 2 heterocycles. The predicted molar refractivity (Wildman–Crippen MR) is 65.6 cm³/mol. The minimum Gasteiger partial charge on any atom is -0.481 e. The zero-order chi connectivity index (χ0) is 13.7. The number of aryl methyl sites for hydroxylation is 2. The summed E-state index contributed by atoms with van der Waals surface area (Å²) >= 11 is 0. The molecule has 19 heavy (non-hydrogen) atoms. The zero-order valence-electron chi connectivity index (χ0n) is 10.7. The lowest BCUT2D eigenvalue weighted by atomic mass is 10.1. The molecule has 0 bridgehead atoms. The lowest BCUT2D eigenvalue weighted by Crippen LogP contribution is -1.99. The quantitative estimate of drug-likeness (QED) is 0.760. The van der Waals surface area contributed by atoms with E-state index in [4.69, 9.17) is 9.63 Å². The average molecular weight is 264 g/mol. The predicted octanol–water partition coefficient (Wildman–Crippen LogP) is 1.42. The number of aromatic nitrogens is 4. The van der Waals surface area contributed by atoms with Gasteiger partial charge in [-0.3, -0.25) is 4.79 Å². The third kappa shape index (κ3) is 4.20. The van der Waals surface area contributed by atoms with Crippen LogP contribution in [0.5, 0.6) is 0 Å². The van der Waals surface area contributed by atoms with Gasteiger partial charge in [-0.25, -0.2) is 4.68 Å². The van der Waals surface area contributed by atoms with E-state index < -0.39 is 5.97 Å². The summed E-state index contributed by atoms with van der Waals surface area (Å²) in [6, 6.07) is 1.86. The lowest BCUT2D eigenvalue weighted by Gasteiger charge is -1.95. The lowest BCUT2D eigenvalue weighted by molar-refractivity contribution is -0.137. The van der Waals surface area contributed by atoms with Crippen molar-refractivity contribution in [1.29, 1.82) is 0 Å². The minimum atomic E-state index is -0.760. The van der Waals surface area contributed by atoms with Crippen molar-refractivity contribution in [2.75, 3.05) is 0 Å². The Kier molecular flexibility index (Phi) is 4.27. The van der Waals surface area contributed by atoms with E-state index in [0.29, 0.717) is 13.0 Å². The van der Waals surface area contributed by atoms with Gasteiger partial charge >= 0.3 is 5.97 Å². The average Bonchev–Trinajstić information content (AvgIpc) is 2.95. The monoisotopic (exact) mass is 264 g/mol. The van der Waals surface area contributed by atoms with Crippen LogP contribution in [0, 0.1) is 6.92 Å². The van der Waals surface area contributed by atoms with Crippen LogP contribution >= 0.6 is 0 Å². The highest BCUT2D eigenvalue weighted by Gasteiger charge is 2.05. The van der Waals surface area contributed by atoms with Crippen LogP contribution in [0.1, 0.15) is 36.4 Å². The van der Waals surface area contributed by atoms with Crippen molar-refractivity contribution in [2.45, 2.75) is 39.2 Å². The SMILES string of the molecule is Cc1cc(Cn2cc(CCCCC(=O)O)nn2)on1. The summed E-state index contributed by atoms with van der Waals surface area (Å²) in [7, 11) is 0. The summed E-state index contributed by atoms with van der Waals surface area (Å²) in [6.45, 7) is 2.37. The van der Waals surface area contributed by atoms with Gasteiger partial charge in [0.15, 0.2) is 5.76 Å². The van der Waals surface area contributed by atoms with Crippen LogP contribution < -0.4 is 0 Å². The second-order valence-corrected chi connectivity index (χ2v) is 4.44. The molecule has 7 heteroatoms. The first-order valence-corrected chi connectivity index (χ1v) is 6.16. The van der Waals surface area contributed by atoms with Gasteiger partial charge in [0.25, 0.3) is 0 Å². The molecule has 0 saturated carbocycles. The number of unbranched alkanes of at least 4 members (excludes halogenated alkanes) is 1. The van der Waals surface area contributed by atoms with Gasteiger partial charge in [0.2, 0.25) is 0 Å². The van der Waals surface area contributed by atoms with Crippen LogP contribution in [0.4, 0.5) is 0 Å². The van der Waals surface area contributed by atoms with Gasteiger partial charge in [-0.15, -0.1) is 5.10 Å². The van der Waals surface area contributed by atoms with Crippen LogP contribution in [0.15, 0.2) is 16.8 Å². The Morgan fingerprint density at radius 3 is 3.00 bits per heavy atom. The molecule has 0 amide bonds. The number of carboxylic acid groups (broad SMARTS) is 1. The minimum absolute atomic E-state index is 0.200. The number of hydrogen-bond acceptors (Lipinski definition) is 5.